The normalized spacial score (nSPS) is 17.0. The first-order valence-corrected chi connectivity index (χ1v) is 8.53. The van der Waals surface area contributed by atoms with E-state index in [1.54, 1.807) is 18.6 Å². The molecule has 0 bridgehead atoms. The summed E-state index contributed by atoms with van der Waals surface area (Å²) in [6, 6.07) is 12.2. The van der Waals surface area contributed by atoms with Gasteiger partial charge < -0.3 is 14.6 Å². The first-order chi connectivity index (χ1) is 12.3. The van der Waals surface area contributed by atoms with Gasteiger partial charge in [-0.2, -0.15) is 0 Å². The van der Waals surface area contributed by atoms with Gasteiger partial charge in [0.1, 0.15) is 5.52 Å². The molecule has 1 fully saturated rings. The summed E-state index contributed by atoms with van der Waals surface area (Å²) in [7, 11) is 0. The lowest BCUT2D eigenvalue weighted by atomic mass is 10.1. The molecule has 4 rings (SSSR count). The van der Waals surface area contributed by atoms with Gasteiger partial charge in [0.05, 0.1) is 24.5 Å². The van der Waals surface area contributed by atoms with Crippen LogP contribution in [0.4, 0.5) is 0 Å². The van der Waals surface area contributed by atoms with E-state index in [0.717, 1.165) is 30.6 Å². The number of pyridine rings is 1. The van der Waals surface area contributed by atoms with Gasteiger partial charge in [0, 0.05) is 19.3 Å². The van der Waals surface area contributed by atoms with Gasteiger partial charge in [-0.1, -0.05) is 30.3 Å². The van der Waals surface area contributed by atoms with Crippen molar-refractivity contribution in [1.82, 2.24) is 19.9 Å². The van der Waals surface area contributed by atoms with Crippen molar-refractivity contribution in [2.75, 3.05) is 13.2 Å². The van der Waals surface area contributed by atoms with Crippen molar-refractivity contribution in [2.45, 2.75) is 25.4 Å². The molecule has 2 aromatic heterocycles. The average Bonchev–Trinajstić information content (AvgIpc) is 3.30. The van der Waals surface area contributed by atoms with Gasteiger partial charge in [-0.05, 0) is 24.5 Å². The van der Waals surface area contributed by atoms with E-state index in [1.165, 1.54) is 5.56 Å². The number of aromatic nitrogens is 3. The predicted octanol–water partition coefficient (Wildman–Crippen LogP) is 2.19. The smallest absolute Gasteiger partial charge is 0.253 e. The number of nitrogens with zero attached hydrogens (tertiary/aromatic N) is 3. The molecular formula is C19H20N4O2. The SMILES string of the molecule is O=C(NC1CCOC1)c1cnc2c(c1)ncn2CCc1ccccc1. The number of carbonyl (C=O) groups excluding carboxylic acids is 1. The Morgan fingerprint density at radius 1 is 1.28 bits per heavy atom. The summed E-state index contributed by atoms with van der Waals surface area (Å²) in [4.78, 5) is 21.2. The second kappa shape index (κ2) is 7.03. The summed E-state index contributed by atoms with van der Waals surface area (Å²) in [6.45, 7) is 2.09. The minimum atomic E-state index is -0.122. The molecule has 1 aliphatic rings. The molecule has 1 N–H and O–H groups in total. The summed E-state index contributed by atoms with van der Waals surface area (Å²) in [5.41, 5.74) is 3.35. The van der Waals surface area contributed by atoms with Crippen LogP contribution in [0.1, 0.15) is 22.3 Å². The molecule has 1 unspecified atom stereocenters. The molecule has 0 radical (unpaired) electrons. The molecule has 128 valence electrons. The monoisotopic (exact) mass is 336 g/mol. The molecule has 6 nitrogen and oxygen atoms in total. The van der Waals surface area contributed by atoms with Crippen molar-refractivity contribution < 1.29 is 9.53 Å². The molecule has 0 aliphatic carbocycles. The maximum atomic E-state index is 12.3. The Balaban J connectivity index is 1.47. The number of ether oxygens (including phenoxy) is 1. The zero-order chi connectivity index (χ0) is 17.1. The fourth-order valence-corrected chi connectivity index (χ4v) is 3.05. The van der Waals surface area contributed by atoms with Crippen LogP contribution in [0.3, 0.4) is 0 Å². The van der Waals surface area contributed by atoms with Crippen LogP contribution in [0.2, 0.25) is 0 Å². The zero-order valence-electron chi connectivity index (χ0n) is 13.9. The van der Waals surface area contributed by atoms with Crippen molar-refractivity contribution >= 4 is 17.1 Å². The molecule has 6 heteroatoms. The first kappa shape index (κ1) is 15.8. The summed E-state index contributed by atoms with van der Waals surface area (Å²) < 4.78 is 7.31. The number of fused-ring (bicyclic) bond motifs is 1. The number of aryl methyl sites for hydroxylation is 2. The minimum Gasteiger partial charge on any atom is -0.379 e. The lowest BCUT2D eigenvalue weighted by Gasteiger charge is -2.10. The predicted molar refractivity (Wildman–Crippen MR) is 94.4 cm³/mol. The summed E-state index contributed by atoms with van der Waals surface area (Å²) >= 11 is 0. The van der Waals surface area contributed by atoms with Gasteiger partial charge in [0.2, 0.25) is 0 Å². The molecule has 3 aromatic rings. The van der Waals surface area contributed by atoms with Gasteiger partial charge in [-0.3, -0.25) is 4.79 Å². The third-order valence-electron chi connectivity index (χ3n) is 4.47. The molecule has 1 atom stereocenters. The molecule has 0 saturated carbocycles. The van der Waals surface area contributed by atoms with Crippen LogP contribution in [0.15, 0.2) is 48.9 Å². The van der Waals surface area contributed by atoms with E-state index in [-0.39, 0.29) is 11.9 Å². The van der Waals surface area contributed by atoms with Crippen molar-refractivity contribution in [3.8, 4) is 0 Å². The molecule has 3 heterocycles. The van der Waals surface area contributed by atoms with Gasteiger partial charge in [0.15, 0.2) is 5.65 Å². The molecule has 1 saturated heterocycles. The van der Waals surface area contributed by atoms with E-state index in [2.05, 4.69) is 27.4 Å². The van der Waals surface area contributed by atoms with Crippen LogP contribution in [-0.2, 0) is 17.7 Å². The van der Waals surface area contributed by atoms with Gasteiger partial charge in [0.25, 0.3) is 5.91 Å². The molecule has 25 heavy (non-hydrogen) atoms. The maximum absolute atomic E-state index is 12.3. The minimum absolute atomic E-state index is 0.0895. The summed E-state index contributed by atoms with van der Waals surface area (Å²) in [6.07, 6.45) is 5.18. The number of nitrogens with one attached hydrogen (secondary N) is 1. The topological polar surface area (TPSA) is 69.0 Å². The molecule has 1 aliphatic heterocycles. The summed E-state index contributed by atoms with van der Waals surface area (Å²) in [5.74, 6) is -0.122. The Kier molecular flexibility index (Phi) is 4.43. The van der Waals surface area contributed by atoms with Crippen molar-refractivity contribution in [2.24, 2.45) is 0 Å². The van der Waals surface area contributed by atoms with Gasteiger partial charge in [-0.25, -0.2) is 9.97 Å². The zero-order valence-corrected chi connectivity index (χ0v) is 13.9. The van der Waals surface area contributed by atoms with Gasteiger partial charge >= 0.3 is 0 Å². The van der Waals surface area contributed by atoms with E-state index in [0.29, 0.717) is 18.8 Å². The molecule has 0 spiro atoms. The largest absolute Gasteiger partial charge is 0.379 e. The third-order valence-corrected chi connectivity index (χ3v) is 4.47. The second-order valence-electron chi connectivity index (χ2n) is 6.27. The number of benzene rings is 1. The highest BCUT2D eigenvalue weighted by Gasteiger charge is 2.19. The maximum Gasteiger partial charge on any atom is 0.253 e. The van der Waals surface area contributed by atoms with Crippen LogP contribution < -0.4 is 5.32 Å². The number of hydrogen-bond donors (Lipinski definition) is 1. The highest BCUT2D eigenvalue weighted by molar-refractivity contribution is 5.96. The van der Waals surface area contributed by atoms with E-state index in [4.69, 9.17) is 4.74 Å². The average molecular weight is 336 g/mol. The highest BCUT2D eigenvalue weighted by Crippen LogP contribution is 2.14. The quantitative estimate of drug-likeness (QED) is 0.775. The lowest BCUT2D eigenvalue weighted by molar-refractivity contribution is 0.0929. The van der Waals surface area contributed by atoms with Gasteiger partial charge in [-0.15, -0.1) is 0 Å². The Labute approximate surface area is 145 Å². The van der Waals surface area contributed by atoms with Crippen LogP contribution in [0.25, 0.3) is 11.2 Å². The number of carbonyl (C=O) groups is 1. The lowest BCUT2D eigenvalue weighted by Crippen LogP contribution is -2.35. The van der Waals surface area contributed by atoms with Crippen LogP contribution in [0, 0.1) is 0 Å². The van der Waals surface area contributed by atoms with E-state index >= 15 is 0 Å². The Morgan fingerprint density at radius 3 is 2.96 bits per heavy atom. The van der Waals surface area contributed by atoms with Crippen LogP contribution >= 0.6 is 0 Å². The van der Waals surface area contributed by atoms with E-state index in [9.17, 15) is 4.79 Å². The molecular weight excluding hydrogens is 316 g/mol. The van der Waals surface area contributed by atoms with Crippen molar-refractivity contribution in [1.29, 1.82) is 0 Å². The van der Waals surface area contributed by atoms with Crippen LogP contribution in [-0.4, -0.2) is 39.7 Å². The Morgan fingerprint density at radius 2 is 2.16 bits per heavy atom. The van der Waals surface area contributed by atoms with Crippen molar-refractivity contribution in [3.05, 3.63) is 60.0 Å². The molecule has 1 amide bonds. The Bertz CT molecular complexity index is 870. The van der Waals surface area contributed by atoms with E-state index in [1.807, 2.05) is 22.8 Å². The third kappa shape index (κ3) is 3.53. The fraction of sp³-hybridized carbons (Fsp3) is 0.316. The highest BCUT2D eigenvalue weighted by atomic mass is 16.5. The first-order valence-electron chi connectivity index (χ1n) is 8.53. The second-order valence-corrected chi connectivity index (χ2v) is 6.27. The van der Waals surface area contributed by atoms with Crippen molar-refractivity contribution in [3.63, 3.8) is 0 Å². The van der Waals surface area contributed by atoms with Crippen LogP contribution in [0.5, 0.6) is 0 Å². The molecule has 1 aromatic carbocycles. The fourth-order valence-electron chi connectivity index (χ4n) is 3.05. The number of hydrogen-bond acceptors (Lipinski definition) is 4. The number of rotatable bonds is 5. The number of imidazole rings is 1. The summed E-state index contributed by atoms with van der Waals surface area (Å²) in [5, 5.41) is 2.97. The van der Waals surface area contributed by atoms with E-state index < -0.39 is 0 Å². The number of amides is 1. The Hall–Kier alpha value is -2.73. The standard InChI is InChI=1S/C19H20N4O2/c24-19(22-16-7-9-25-12-16)15-10-17-18(20-11-15)23(13-21-17)8-6-14-4-2-1-3-5-14/h1-5,10-11,13,16H,6-9,12H2,(H,22,24).